The summed E-state index contributed by atoms with van der Waals surface area (Å²) in [6.07, 6.45) is 2.43. The van der Waals surface area contributed by atoms with Gasteiger partial charge in [0.1, 0.15) is 11.6 Å². The number of nitrogens with one attached hydrogen (secondary N) is 2. The lowest BCUT2D eigenvalue weighted by atomic mass is 10.1. The number of carbonyl (C=O) groups is 1. The first-order valence-corrected chi connectivity index (χ1v) is 6.55. The molecular weight excluding hydrogens is 252 g/mol. The average Bonchev–Trinajstić information content (AvgIpc) is 2.48. The van der Waals surface area contributed by atoms with Crippen LogP contribution in [0.5, 0.6) is 0 Å². The largest absolute Gasteiger partial charge is 0.373 e. The normalized spacial score (nSPS) is 10.2. The van der Waals surface area contributed by atoms with Gasteiger partial charge in [0.25, 0.3) is 5.91 Å². The van der Waals surface area contributed by atoms with Crippen molar-refractivity contribution in [2.45, 2.75) is 20.3 Å². The molecule has 1 amide bonds. The molecule has 2 rings (SSSR count). The van der Waals surface area contributed by atoms with Gasteiger partial charge < -0.3 is 10.6 Å². The molecule has 0 aliphatic carbocycles. The lowest BCUT2D eigenvalue weighted by Gasteiger charge is -2.09. The summed E-state index contributed by atoms with van der Waals surface area (Å²) < 4.78 is 0. The average molecular weight is 270 g/mol. The van der Waals surface area contributed by atoms with Crippen LogP contribution in [0.1, 0.15) is 28.5 Å². The molecule has 0 atom stereocenters. The van der Waals surface area contributed by atoms with Crippen molar-refractivity contribution in [3.05, 3.63) is 47.3 Å². The number of carbonyl (C=O) groups excluding carboxylic acids is 1. The van der Waals surface area contributed by atoms with Crippen LogP contribution >= 0.6 is 0 Å². The third-order valence-electron chi connectivity index (χ3n) is 3.00. The van der Waals surface area contributed by atoms with Crippen molar-refractivity contribution in [2.75, 3.05) is 17.7 Å². The van der Waals surface area contributed by atoms with Crippen LogP contribution in [-0.2, 0) is 6.42 Å². The Labute approximate surface area is 118 Å². The van der Waals surface area contributed by atoms with E-state index >= 15 is 0 Å². The minimum absolute atomic E-state index is 0.180. The molecule has 5 heteroatoms. The summed E-state index contributed by atoms with van der Waals surface area (Å²) in [6, 6.07) is 7.28. The van der Waals surface area contributed by atoms with Gasteiger partial charge in [-0.3, -0.25) is 4.79 Å². The van der Waals surface area contributed by atoms with Crippen molar-refractivity contribution in [2.24, 2.45) is 0 Å². The van der Waals surface area contributed by atoms with Gasteiger partial charge in [-0.25, -0.2) is 9.97 Å². The Kier molecular flexibility index (Phi) is 4.30. The number of anilines is 2. The molecule has 0 aromatic carbocycles. The fourth-order valence-corrected chi connectivity index (χ4v) is 1.82. The lowest BCUT2D eigenvalue weighted by Crippen LogP contribution is -2.15. The maximum atomic E-state index is 12.3. The van der Waals surface area contributed by atoms with E-state index in [1.165, 1.54) is 0 Å². The van der Waals surface area contributed by atoms with Gasteiger partial charge in [-0.1, -0.05) is 13.0 Å². The van der Waals surface area contributed by atoms with E-state index in [0.717, 1.165) is 17.7 Å². The number of amides is 1. The summed E-state index contributed by atoms with van der Waals surface area (Å²) in [5, 5.41) is 5.79. The summed E-state index contributed by atoms with van der Waals surface area (Å²) in [4.78, 5) is 20.8. The van der Waals surface area contributed by atoms with Crippen LogP contribution in [0.25, 0.3) is 0 Å². The van der Waals surface area contributed by atoms with Gasteiger partial charge in [-0.2, -0.15) is 0 Å². The molecular formula is C15H18N4O. The minimum Gasteiger partial charge on any atom is -0.373 e. The van der Waals surface area contributed by atoms with E-state index in [1.54, 1.807) is 25.4 Å². The van der Waals surface area contributed by atoms with E-state index in [4.69, 9.17) is 0 Å². The van der Waals surface area contributed by atoms with E-state index in [2.05, 4.69) is 20.6 Å². The number of rotatable bonds is 4. The molecule has 0 unspecified atom stereocenters. The van der Waals surface area contributed by atoms with Crippen LogP contribution in [0.15, 0.2) is 30.5 Å². The molecule has 2 heterocycles. The van der Waals surface area contributed by atoms with Gasteiger partial charge in [-0.15, -0.1) is 0 Å². The van der Waals surface area contributed by atoms with Crippen molar-refractivity contribution in [1.82, 2.24) is 9.97 Å². The zero-order valence-electron chi connectivity index (χ0n) is 11.9. The maximum absolute atomic E-state index is 12.3. The predicted molar refractivity (Wildman–Crippen MR) is 80.1 cm³/mol. The molecule has 0 saturated heterocycles. The second kappa shape index (κ2) is 6.14. The molecule has 0 aliphatic heterocycles. The van der Waals surface area contributed by atoms with Gasteiger partial charge >= 0.3 is 0 Å². The Hall–Kier alpha value is -2.43. The van der Waals surface area contributed by atoms with Gasteiger partial charge in [0.2, 0.25) is 0 Å². The van der Waals surface area contributed by atoms with Crippen LogP contribution in [0, 0.1) is 6.92 Å². The molecule has 2 aromatic rings. The van der Waals surface area contributed by atoms with Crippen LogP contribution in [-0.4, -0.2) is 22.9 Å². The standard InChI is InChI=1S/C15H18N4O/c1-4-12-8-11(9-13(16-3)18-12)15(20)19-14-10(2)6-5-7-17-14/h5-9H,4H2,1-3H3,(H,16,18)(H,17,19,20). The van der Waals surface area contributed by atoms with E-state index in [-0.39, 0.29) is 5.91 Å². The van der Waals surface area contributed by atoms with Gasteiger partial charge in [0, 0.05) is 24.5 Å². The van der Waals surface area contributed by atoms with Gasteiger partial charge in [0.05, 0.1) is 0 Å². The fourth-order valence-electron chi connectivity index (χ4n) is 1.82. The summed E-state index contributed by atoms with van der Waals surface area (Å²) in [5.74, 6) is 1.09. The zero-order valence-corrected chi connectivity index (χ0v) is 11.9. The van der Waals surface area contributed by atoms with Crippen LogP contribution in [0.4, 0.5) is 11.6 Å². The Balaban J connectivity index is 2.27. The minimum atomic E-state index is -0.180. The highest BCUT2D eigenvalue weighted by Crippen LogP contribution is 2.14. The van der Waals surface area contributed by atoms with Crippen LogP contribution in [0.3, 0.4) is 0 Å². The van der Waals surface area contributed by atoms with Crippen molar-refractivity contribution < 1.29 is 4.79 Å². The second-order valence-corrected chi connectivity index (χ2v) is 4.46. The number of hydrogen-bond donors (Lipinski definition) is 2. The SMILES string of the molecule is CCc1cc(C(=O)Nc2ncccc2C)cc(NC)n1. The monoisotopic (exact) mass is 270 g/mol. The summed E-state index contributed by atoms with van der Waals surface area (Å²) in [6.45, 7) is 3.91. The predicted octanol–water partition coefficient (Wildman–Crippen LogP) is 2.64. The van der Waals surface area contributed by atoms with Crippen molar-refractivity contribution in [1.29, 1.82) is 0 Å². The Morgan fingerprint density at radius 3 is 2.80 bits per heavy atom. The van der Waals surface area contributed by atoms with E-state index in [9.17, 15) is 4.79 Å². The Morgan fingerprint density at radius 2 is 2.15 bits per heavy atom. The Morgan fingerprint density at radius 1 is 1.35 bits per heavy atom. The molecule has 2 aromatic heterocycles. The first kappa shape index (κ1) is 14.0. The quantitative estimate of drug-likeness (QED) is 0.896. The van der Waals surface area contributed by atoms with Crippen LogP contribution in [0.2, 0.25) is 0 Å². The Bertz CT molecular complexity index is 603. The summed E-state index contributed by atoms with van der Waals surface area (Å²) in [5.41, 5.74) is 2.38. The molecule has 2 N–H and O–H groups in total. The van der Waals surface area contributed by atoms with Crippen LogP contribution < -0.4 is 10.6 Å². The molecule has 0 bridgehead atoms. The second-order valence-electron chi connectivity index (χ2n) is 4.46. The topological polar surface area (TPSA) is 66.9 Å². The summed E-state index contributed by atoms with van der Waals surface area (Å²) in [7, 11) is 1.78. The highest BCUT2D eigenvalue weighted by atomic mass is 16.1. The number of nitrogens with zero attached hydrogens (tertiary/aromatic N) is 2. The van der Waals surface area contributed by atoms with Crippen molar-refractivity contribution in [3.8, 4) is 0 Å². The van der Waals surface area contributed by atoms with E-state index in [0.29, 0.717) is 17.2 Å². The highest BCUT2D eigenvalue weighted by molar-refractivity contribution is 6.04. The lowest BCUT2D eigenvalue weighted by molar-refractivity contribution is 0.102. The molecule has 0 saturated carbocycles. The maximum Gasteiger partial charge on any atom is 0.257 e. The van der Waals surface area contributed by atoms with Crippen molar-refractivity contribution >= 4 is 17.5 Å². The molecule has 0 fully saturated rings. The summed E-state index contributed by atoms with van der Waals surface area (Å²) >= 11 is 0. The molecule has 20 heavy (non-hydrogen) atoms. The molecule has 0 spiro atoms. The van der Waals surface area contributed by atoms with E-state index < -0.39 is 0 Å². The molecule has 0 radical (unpaired) electrons. The molecule has 5 nitrogen and oxygen atoms in total. The van der Waals surface area contributed by atoms with E-state index in [1.807, 2.05) is 26.0 Å². The smallest absolute Gasteiger partial charge is 0.257 e. The zero-order chi connectivity index (χ0) is 14.5. The van der Waals surface area contributed by atoms with Gasteiger partial charge in [0.15, 0.2) is 0 Å². The fraction of sp³-hybridized carbons (Fsp3) is 0.267. The number of hydrogen-bond acceptors (Lipinski definition) is 4. The van der Waals surface area contributed by atoms with Crippen molar-refractivity contribution in [3.63, 3.8) is 0 Å². The molecule has 104 valence electrons. The van der Waals surface area contributed by atoms with Gasteiger partial charge in [-0.05, 0) is 37.1 Å². The number of aromatic nitrogens is 2. The molecule has 0 aliphatic rings. The third-order valence-corrected chi connectivity index (χ3v) is 3.00. The number of aryl methyl sites for hydroxylation is 2. The third kappa shape index (κ3) is 3.12. The first-order chi connectivity index (χ1) is 9.63. The number of pyridine rings is 2. The first-order valence-electron chi connectivity index (χ1n) is 6.55. The highest BCUT2D eigenvalue weighted by Gasteiger charge is 2.11.